The molecule has 6 nitrogen and oxygen atoms in total. The molecule has 0 saturated carbocycles. The second-order valence-electron chi connectivity index (χ2n) is 5.73. The van der Waals surface area contributed by atoms with Crippen molar-refractivity contribution in [3.63, 3.8) is 0 Å². The van der Waals surface area contributed by atoms with Gasteiger partial charge in [-0.2, -0.15) is 0 Å². The molecule has 0 amide bonds. The molecule has 2 heterocycles. The van der Waals surface area contributed by atoms with Crippen LogP contribution in [0.2, 0.25) is 0 Å². The zero-order valence-corrected chi connectivity index (χ0v) is 12.1. The Kier molecular flexibility index (Phi) is 5.12. The van der Waals surface area contributed by atoms with E-state index in [4.69, 9.17) is 20.0 Å². The first-order chi connectivity index (χ1) is 9.54. The predicted octanol–water partition coefficient (Wildman–Crippen LogP) is 1.35. The standard InChI is InChI=1S/C14H24N2O4/c1-2-11(4-3-5-12(15)13(17)18)8-16-9-14(10-16)19-6-7-20-14/h11,15H,2-10H2,1H3,(H,17,18). The van der Waals surface area contributed by atoms with Crippen LogP contribution in [0.3, 0.4) is 0 Å². The van der Waals surface area contributed by atoms with Crippen molar-refractivity contribution in [2.45, 2.75) is 38.4 Å². The molecule has 20 heavy (non-hydrogen) atoms. The number of hydrogen-bond acceptors (Lipinski definition) is 5. The minimum Gasteiger partial charge on any atom is -0.477 e. The Morgan fingerprint density at radius 1 is 1.40 bits per heavy atom. The Balaban J connectivity index is 1.63. The Morgan fingerprint density at radius 2 is 2.05 bits per heavy atom. The molecule has 2 N–H and O–H groups in total. The van der Waals surface area contributed by atoms with Crippen LogP contribution in [-0.2, 0) is 14.3 Å². The zero-order valence-electron chi connectivity index (χ0n) is 12.1. The van der Waals surface area contributed by atoms with E-state index in [9.17, 15) is 4.79 Å². The van der Waals surface area contributed by atoms with Crippen LogP contribution in [-0.4, -0.2) is 60.3 Å². The predicted molar refractivity (Wildman–Crippen MR) is 74.1 cm³/mol. The number of likely N-dealkylation sites (tertiary alicyclic amines) is 1. The fourth-order valence-electron chi connectivity index (χ4n) is 2.91. The van der Waals surface area contributed by atoms with Gasteiger partial charge in [-0.3, -0.25) is 10.3 Å². The van der Waals surface area contributed by atoms with Crippen LogP contribution < -0.4 is 0 Å². The van der Waals surface area contributed by atoms with Crippen molar-refractivity contribution in [2.75, 3.05) is 32.8 Å². The Bertz CT molecular complexity index is 358. The Morgan fingerprint density at radius 3 is 2.60 bits per heavy atom. The summed E-state index contributed by atoms with van der Waals surface area (Å²) in [6, 6.07) is 0. The van der Waals surface area contributed by atoms with Gasteiger partial charge in [-0.05, 0) is 25.2 Å². The molecule has 0 aromatic carbocycles. The average molecular weight is 284 g/mol. The summed E-state index contributed by atoms with van der Waals surface area (Å²) in [7, 11) is 0. The van der Waals surface area contributed by atoms with Gasteiger partial charge in [0.15, 0.2) is 5.79 Å². The normalized spacial score (nSPS) is 22.6. The van der Waals surface area contributed by atoms with E-state index in [2.05, 4.69) is 11.8 Å². The third-order valence-corrected chi connectivity index (χ3v) is 4.13. The molecule has 2 saturated heterocycles. The summed E-state index contributed by atoms with van der Waals surface area (Å²) in [6.07, 6.45) is 3.18. The topological polar surface area (TPSA) is 82.9 Å². The first kappa shape index (κ1) is 15.4. The van der Waals surface area contributed by atoms with Gasteiger partial charge in [0.2, 0.25) is 0 Å². The van der Waals surface area contributed by atoms with Crippen LogP contribution in [0.5, 0.6) is 0 Å². The fourth-order valence-corrected chi connectivity index (χ4v) is 2.91. The first-order valence-electron chi connectivity index (χ1n) is 7.35. The molecule has 114 valence electrons. The number of rotatable bonds is 8. The van der Waals surface area contributed by atoms with Crippen LogP contribution in [0.4, 0.5) is 0 Å². The number of carboxylic acid groups (broad SMARTS) is 1. The molecule has 2 aliphatic rings. The summed E-state index contributed by atoms with van der Waals surface area (Å²) in [6.45, 7) is 6.24. The van der Waals surface area contributed by atoms with E-state index in [0.717, 1.165) is 38.9 Å². The lowest BCUT2D eigenvalue weighted by Gasteiger charge is -2.46. The molecule has 2 rings (SSSR count). The molecule has 2 fully saturated rings. The van der Waals surface area contributed by atoms with E-state index < -0.39 is 5.97 Å². The molecule has 0 aromatic heterocycles. The summed E-state index contributed by atoms with van der Waals surface area (Å²) >= 11 is 0. The lowest BCUT2D eigenvalue weighted by atomic mass is 9.95. The quantitative estimate of drug-likeness (QED) is 0.657. The summed E-state index contributed by atoms with van der Waals surface area (Å²) in [4.78, 5) is 12.9. The van der Waals surface area contributed by atoms with Crippen molar-refractivity contribution in [3.05, 3.63) is 0 Å². The van der Waals surface area contributed by atoms with Gasteiger partial charge >= 0.3 is 5.97 Å². The van der Waals surface area contributed by atoms with Crippen LogP contribution in [0.25, 0.3) is 0 Å². The second-order valence-corrected chi connectivity index (χ2v) is 5.73. The highest BCUT2D eigenvalue weighted by Gasteiger charge is 2.48. The zero-order chi connectivity index (χ0) is 14.6. The number of nitrogens with zero attached hydrogens (tertiary/aromatic N) is 1. The highest BCUT2D eigenvalue weighted by molar-refractivity contribution is 6.34. The van der Waals surface area contributed by atoms with Crippen molar-refractivity contribution in [3.8, 4) is 0 Å². The van der Waals surface area contributed by atoms with E-state index in [1.165, 1.54) is 0 Å². The summed E-state index contributed by atoms with van der Waals surface area (Å²) in [5.41, 5.74) is -0.185. The number of nitrogens with one attached hydrogen (secondary N) is 1. The van der Waals surface area contributed by atoms with Gasteiger partial charge in [-0.1, -0.05) is 13.3 Å². The number of carboxylic acids is 1. The van der Waals surface area contributed by atoms with Crippen molar-refractivity contribution in [1.29, 1.82) is 5.41 Å². The molecule has 0 bridgehead atoms. The Labute approximate surface area is 119 Å². The van der Waals surface area contributed by atoms with Gasteiger partial charge in [-0.15, -0.1) is 0 Å². The summed E-state index contributed by atoms with van der Waals surface area (Å²) in [5.74, 6) is -0.877. The fraction of sp³-hybridized carbons (Fsp3) is 0.857. The number of hydrogen-bond donors (Lipinski definition) is 2. The summed E-state index contributed by atoms with van der Waals surface area (Å²) in [5, 5.41) is 16.0. The molecule has 0 radical (unpaired) electrons. The molecule has 0 aromatic rings. The van der Waals surface area contributed by atoms with E-state index in [-0.39, 0.29) is 11.5 Å². The maximum absolute atomic E-state index is 10.6. The molecule has 0 aliphatic carbocycles. The molecule has 1 atom stereocenters. The summed E-state index contributed by atoms with van der Waals surface area (Å²) < 4.78 is 11.2. The van der Waals surface area contributed by atoms with Crippen LogP contribution in [0.1, 0.15) is 32.6 Å². The third kappa shape index (κ3) is 3.77. The highest BCUT2D eigenvalue weighted by Crippen LogP contribution is 2.31. The highest BCUT2D eigenvalue weighted by atomic mass is 16.7. The van der Waals surface area contributed by atoms with Crippen LogP contribution in [0, 0.1) is 11.3 Å². The number of aliphatic carboxylic acids is 1. The molecule has 1 unspecified atom stereocenters. The van der Waals surface area contributed by atoms with Gasteiger partial charge in [0.1, 0.15) is 5.71 Å². The van der Waals surface area contributed by atoms with Gasteiger partial charge in [-0.25, -0.2) is 4.79 Å². The maximum Gasteiger partial charge on any atom is 0.349 e. The second kappa shape index (κ2) is 6.65. The lowest BCUT2D eigenvalue weighted by Crippen LogP contribution is -2.63. The van der Waals surface area contributed by atoms with E-state index in [1.54, 1.807) is 0 Å². The van der Waals surface area contributed by atoms with E-state index in [0.29, 0.717) is 25.6 Å². The number of carbonyl (C=O) groups is 1. The van der Waals surface area contributed by atoms with Gasteiger partial charge in [0, 0.05) is 6.54 Å². The van der Waals surface area contributed by atoms with Crippen molar-refractivity contribution < 1.29 is 19.4 Å². The minimum absolute atomic E-state index is 0.185. The molecular weight excluding hydrogens is 260 g/mol. The van der Waals surface area contributed by atoms with Gasteiger partial charge in [0.25, 0.3) is 0 Å². The lowest BCUT2D eigenvalue weighted by molar-refractivity contribution is -0.240. The largest absolute Gasteiger partial charge is 0.477 e. The van der Waals surface area contributed by atoms with Crippen molar-refractivity contribution in [1.82, 2.24) is 4.90 Å². The minimum atomic E-state index is -1.10. The molecular formula is C14H24N2O4. The third-order valence-electron chi connectivity index (χ3n) is 4.13. The Hall–Kier alpha value is -0.980. The van der Waals surface area contributed by atoms with Crippen LogP contribution in [0.15, 0.2) is 0 Å². The van der Waals surface area contributed by atoms with Crippen molar-refractivity contribution >= 4 is 11.7 Å². The van der Waals surface area contributed by atoms with E-state index >= 15 is 0 Å². The van der Waals surface area contributed by atoms with Crippen LogP contribution >= 0.6 is 0 Å². The molecule has 6 heteroatoms. The van der Waals surface area contributed by atoms with Gasteiger partial charge < -0.3 is 14.6 Å². The maximum atomic E-state index is 10.6. The smallest absolute Gasteiger partial charge is 0.349 e. The van der Waals surface area contributed by atoms with Crippen molar-refractivity contribution in [2.24, 2.45) is 5.92 Å². The average Bonchev–Trinajstić information content (AvgIpc) is 2.85. The number of ether oxygens (including phenoxy) is 2. The van der Waals surface area contributed by atoms with E-state index in [1.807, 2.05) is 0 Å². The van der Waals surface area contributed by atoms with Gasteiger partial charge in [0.05, 0.1) is 26.3 Å². The SMILES string of the molecule is CCC(CCCC(=N)C(=O)O)CN1CC2(C1)OCCO2. The molecule has 1 spiro atoms. The first-order valence-corrected chi connectivity index (χ1v) is 7.35. The monoisotopic (exact) mass is 284 g/mol. The molecule has 2 aliphatic heterocycles.